The maximum Gasteiger partial charge on any atom is 0.0235 e. The fourth-order valence-corrected chi connectivity index (χ4v) is 2.88. The molecule has 0 amide bonds. The van der Waals surface area contributed by atoms with E-state index < -0.39 is 0 Å². The molecule has 0 aromatic heterocycles. The molecule has 1 fully saturated rings. The summed E-state index contributed by atoms with van der Waals surface area (Å²) in [5.74, 6) is 0. The molecule has 0 aliphatic carbocycles. The average molecular weight is 255 g/mol. The molecule has 1 heterocycles. The number of rotatable bonds is 8. The lowest BCUT2D eigenvalue weighted by molar-refractivity contribution is 0.101. The molecule has 18 heavy (non-hydrogen) atoms. The summed E-state index contributed by atoms with van der Waals surface area (Å²) in [6.07, 6.45) is 8.14. The van der Waals surface area contributed by atoms with Crippen molar-refractivity contribution in [2.75, 3.05) is 40.8 Å². The Hall–Kier alpha value is -0.120. The average Bonchev–Trinajstić information content (AvgIpc) is 2.37. The van der Waals surface area contributed by atoms with Crippen LogP contribution in [0.2, 0.25) is 0 Å². The van der Waals surface area contributed by atoms with E-state index in [0.717, 1.165) is 6.04 Å². The second kappa shape index (κ2) is 8.89. The largest absolute Gasteiger partial charge is 0.317 e. The van der Waals surface area contributed by atoms with Crippen molar-refractivity contribution >= 4 is 0 Å². The molecule has 108 valence electrons. The van der Waals surface area contributed by atoms with Crippen LogP contribution in [-0.2, 0) is 0 Å². The van der Waals surface area contributed by atoms with Crippen molar-refractivity contribution in [1.82, 2.24) is 15.1 Å². The van der Waals surface area contributed by atoms with Crippen molar-refractivity contribution in [3.05, 3.63) is 0 Å². The van der Waals surface area contributed by atoms with Crippen molar-refractivity contribution in [1.29, 1.82) is 0 Å². The molecule has 0 aromatic rings. The fourth-order valence-electron chi connectivity index (χ4n) is 2.88. The summed E-state index contributed by atoms with van der Waals surface area (Å²) >= 11 is 0. The normalized spacial score (nSPS) is 24.3. The van der Waals surface area contributed by atoms with E-state index in [0.29, 0.717) is 6.04 Å². The third kappa shape index (κ3) is 5.68. The number of nitrogens with one attached hydrogen (secondary N) is 1. The number of unbranched alkanes of at least 4 members (excludes halogenated alkanes) is 3. The monoisotopic (exact) mass is 255 g/mol. The second-order valence-corrected chi connectivity index (χ2v) is 5.97. The van der Waals surface area contributed by atoms with Gasteiger partial charge >= 0.3 is 0 Å². The van der Waals surface area contributed by atoms with Gasteiger partial charge in [-0.05, 0) is 34.0 Å². The molecule has 0 saturated carbocycles. The quantitative estimate of drug-likeness (QED) is 0.671. The Bertz CT molecular complexity index is 208. The molecule has 2 unspecified atom stereocenters. The van der Waals surface area contributed by atoms with Crippen LogP contribution in [0.4, 0.5) is 0 Å². The first-order chi connectivity index (χ1) is 8.67. The van der Waals surface area contributed by atoms with Crippen LogP contribution in [0.15, 0.2) is 0 Å². The summed E-state index contributed by atoms with van der Waals surface area (Å²) in [5, 5.41) is 3.52. The van der Waals surface area contributed by atoms with Gasteiger partial charge in [0.1, 0.15) is 0 Å². The summed E-state index contributed by atoms with van der Waals surface area (Å²) < 4.78 is 0. The molecule has 0 spiro atoms. The van der Waals surface area contributed by atoms with Crippen LogP contribution in [0.3, 0.4) is 0 Å². The van der Waals surface area contributed by atoms with Gasteiger partial charge in [-0.2, -0.15) is 0 Å². The van der Waals surface area contributed by atoms with E-state index in [1.165, 1.54) is 58.2 Å². The van der Waals surface area contributed by atoms with Crippen LogP contribution in [0, 0.1) is 0 Å². The van der Waals surface area contributed by atoms with Crippen LogP contribution in [0.5, 0.6) is 0 Å². The minimum absolute atomic E-state index is 0.695. The zero-order valence-corrected chi connectivity index (χ0v) is 12.9. The second-order valence-electron chi connectivity index (χ2n) is 5.97. The lowest BCUT2D eigenvalue weighted by Gasteiger charge is -2.39. The van der Waals surface area contributed by atoms with Crippen molar-refractivity contribution in [2.45, 2.75) is 57.5 Å². The zero-order chi connectivity index (χ0) is 13.4. The fraction of sp³-hybridized carbons (Fsp3) is 1.00. The van der Waals surface area contributed by atoms with Crippen LogP contribution in [-0.4, -0.2) is 62.7 Å². The highest BCUT2D eigenvalue weighted by Gasteiger charge is 2.24. The van der Waals surface area contributed by atoms with Crippen molar-refractivity contribution in [2.24, 2.45) is 0 Å². The van der Waals surface area contributed by atoms with Gasteiger partial charge in [0.25, 0.3) is 0 Å². The van der Waals surface area contributed by atoms with Gasteiger partial charge in [-0.1, -0.05) is 32.6 Å². The van der Waals surface area contributed by atoms with E-state index in [1.54, 1.807) is 0 Å². The molecular weight excluding hydrogens is 222 g/mol. The van der Waals surface area contributed by atoms with E-state index >= 15 is 0 Å². The van der Waals surface area contributed by atoms with Gasteiger partial charge in [-0.15, -0.1) is 0 Å². The van der Waals surface area contributed by atoms with E-state index in [1.807, 2.05) is 0 Å². The minimum atomic E-state index is 0.695. The highest BCUT2D eigenvalue weighted by atomic mass is 15.3. The molecule has 0 aromatic carbocycles. The Morgan fingerprint density at radius 1 is 1.17 bits per heavy atom. The topological polar surface area (TPSA) is 18.5 Å². The summed E-state index contributed by atoms with van der Waals surface area (Å²) in [4.78, 5) is 5.00. The summed E-state index contributed by atoms with van der Waals surface area (Å²) in [6, 6.07) is 1.42. The Kier molecular flexibility index (Phi) is 7.87. The molecule has 1 aliphatic heterocycles. The molecule has 1 saturated heterocycles. The third-order valence-electron chi connectivity index (χ3n) is 4.35. The molecule has 1 rings (SSSR count). The summed E-state index contributed by atoms with van der Waals surface area (Å²) in [6.45, 7) is 5.94. The van der Waals surface area contributed by atoms with E-state index in [2.05, 4.69) is 43.2 Å². The summed E-state index contributed by atoms with van der Waals surface area (Å²) in [7, 11) is 6.65. The first-order valence-electron chi connectivity index (χ1n) is 7.73. The highest BCUT2D eigenvalue weighted by molar-refractivity contribution is 4.82. The molecule has 2 atom stereocenters. The van der Waals surface area contributed by atoms with E-state index in [-0.39, 0.29) is 0 Å². The number of hydrogen-bond donors (Lipinski definition) is 1. The van der Waals surface area contributed by atoms with Gasteiger partial charge in [0, 0.05) is 31.7 Å². The zero-order valence-electron chi connectivity index (χ0n) is 12.9. The molecule has 1 aliphatic rings. The van der Waals surface area contributed by atoms with Crippen molar-refractivity contribution in [3.63, 3.8) is 0 Å². The SMILES string of the molecule is CCCCCCC(CC1CN(C)CCN1C)NC. The third-order valence-corrected chi connectivity index (χ3v) is 4.35. The first kappa shape index (κ1) is 15.9. The smallest absolute Gasteiger partial charge is 0.0235 e. The molecular formula is C15H33N3. The van der Waals surface area contributed by atoms with Gasteiger partial charge in [0.2, 0.25) is 0 Å². The van der Waals surface area contributed by atoms with E-state index in [9.17, 15) is 0 Å². The number of piperazine rings is 1. The predicted molar refractivity (Wildman–Crippen MR) is 80.1 cm³/mol. The Balaban J connectivity index is 2.27. The van der Waals surface area contributed by atoms with Gasteiger partial charge < -0.3 is 15.1 Å². The maximum atomic E-state index is 3.52. The standard InChI is InChI=1S/C15H33N3/c1-5-6-7-8-9-14(16-2)12-15-13-17(3)10-11-18(15)4/h14-16H,5-13H2,1-4H3. The Labute approximate surface area is 114 Å². The van der Waals surface area contributed by atoms with Gasteiger partial charge in [0.15, 0.2) is 0 Å². The summed E-state index contributed by atoms with van der Waals surface area (Å²) in [5.41, 5.74) is 0. The molecule has 0 bridgehead atoms. The van der Waals surface area contributed by atoms with Crippen LogP contribution in [0.1, 0.15) is 45.4 Å². The van der Waals surface area contributed by atoms with Gasteiger partial charge in [-0.3, -0.25) is 0 Å². The Morgan fingerprint density at radius 3 is 2.61 bits per heavy atom. The number of hydrogen-bond acceptors (Lipinski definition) is 3. The number of likely N-dealkylation sites (N-methyl/N-ethyl adjacent to an activating group) is 2. The highest BCUT2D eigenvalue weighted by Crippen LogP contribution is 2.15. The van der Waals surface area contributed by atoms with Crippen LogP contribution in [0.25, 0.3) is 0 Å². The Morgan fingerprint density at radius 2 is 1.94 bits per heavy atom. The first-order valence-corrected chi connectivity index (χ1v) is 7.73. The van der Waals surface area contributed by atoms with Crippen molar-refractivity contribution < 1.29 is 0 Å². The molecule has 1 N–H and O–H groups in total. The molecule has 3 nitrogen and oxygen atoms in total. The number of nitrogens with zero attached hydrogens (tertiary/aromatic N) is 2. The minimum Gasteiger partial charge on any atom is -0.317 e. The predicted octanol–water partition coefficient (Wildman–Crippen LogP) is 2.18. The van der Waals surface area contributed by atoms with Crippen molar-refractivity contribution in [3.8, 4) is 0 Å². The van der Waals surface area contributed by atoms with Gasteiger partial charge in [-0.25, -0.2) is 0 Å². The maximum absolute atomic E-state index is 3.52. The van der Waals surface area contributed by atoms with Gasteiger partial charge in [0.05, 0.1) is 0 Å². The van der Waals surface area contributed by atoms with Crippen LogP contribution < -0.4 is 5.32 Å². The molecule has 0 radical (unpaired) electrons. The lowest BCUT2D eigenvalue weighted by Crippen LogP contribution is -2.52. The van der Waals surface area contributed by atoms with Crippen LogP contribution >= 0.6 is 0 Å². The lowest BCUT2D eigenvalue weighted by atomic mass is 9.98. The van der Waals surface area contributed by atoms with E-state index in [4.69, 9.17) is 0 Å². The molecule has 3 heteroatoms.